The number of hydrogen-bond donors (Lipinski definition) is 2. The van der Waals surface area contributed by atoms with Crippen LogP contribution in [0.1, 0.15) is 0 Å². The molecule has 2 aromatic heterocycles. The van der Waals surface area contributed by atoms with Crippen molar-refractivity contribution >= 4 is 56.5 Å². The predicted octanol–water partition coefficient (Wildman–Crippen LogP) is 3.51. The second kappa shape index (κ2) is 6.69. The number of benzene rings is 1. The van der Waals surface area contributed by atoms with Gasteiger partial charge in [-0.15, -0.1) is 11.3 Å². The number of fused-ring (bicyclic) bond motifs is 1. The van der Waals surface area contributed by atoms with Gasteiger partial charge in [-0.25, -0.2) is 9.37 Å². The molecule has 1 amide bonds. The van der Waals surface area contributed by atoms with Gasteiger partial charge in [0.05, 0.1) is 16.2 Å². The van der Waals surface area contributed by atoms with E-state index in [1.165, 1.54) is 29.5 Å². The van der Waals surface area contributed by atoms with E-state index < -0.39 is 5.82 Å². The number of hydrogen-bond acceptors (Lipinski definition) is 5. The topological polar surface area (TPSA) is 74.8 Å². The Balaban J connectivity index is 1.65. The van der Waals surface area contributed by atoms with Gasteiger partial charge in [0.1, 0.15) is 10.6 Å². The molecular formula is C14H9ClFN3O2S2. The minimum atomic E-state index is -0.551. The average molecular weight is 370 g/mol. The molecule has 0 aliphatic rings. The lowest BCUT2D eigenvalue weighted by Crippen LogP contribution is -2.15. The molecule has 0 unspecified atom stereocenters. The number of nitrogens with zero attached hydrogens (tertiary/aromatic N) is 1. The number of thioether (sulfide) groups is 1. The first-order valence-corrected chi connectivity index (χ1v) is 8.62. The van der Waals surface area contributed by atoms with Crippen LogP contribution in [0.3, 0.4) is 0 Å². The van der Waals surface area contributed by atoms with E-state index in [0.717, 1.165) is 11.8 Å². The van der Waals surface area contributed by atoms with Gasteiger partial charge in [-0.1, -0.05) is 23.4 Å². The maximum Gasteiger partial charge on any atom is 0.260 e. The van der Waals surface area contributed by atoms with E-state index in [9.17, 15) is 14.0 Å². The molecule has 0 aliphatic heterocycles. The monoisotopic (exact) mass is 369 g/mol. The van der Waals surface area contributed by atoms with Gasteiger partial charge in [0.25, 0.3) is 5.56 Å². The van der Waals surface area contributed by atoms with Crippen LogP contribution in [-0.2, 0) is 4.79 Å². The molecular weight excluding hydrogens is 361 g/mol. The van der Waals surface area contributed by atoms with Crippen LogP contribution in [0.25, 0.3) is 10.2 Å². The Morgan fingerprint density at radius 2 is 2.26 bits per heavy atom. The summed E-state index contributed by atoms with van der Waals surface area (Å²) in [6.07, 6.45) is 0. The van der Waals surface area contributed by atoms with E-state index in [1.54, 1.807) is 11.4 Å². The molecule has 0 atom stereocenters. The summed E-state index contributed by atoms with van der Waals surface area (Å²) in [6, 6.07) is 5.62. The Kier molecular flexibility index (Phi) is 4.65. The summed E-state index contributed by atoms with van der Waals surface area (Å²) < 4.78 is 13.1. The summed E-state index contributed by atoms with van der Waals surface area (Å²) in [5.41, 5.74) is 0.168. The van der Waals surface area contributed by atoms with Crippen LogP contribution in [0.4, 0.5) is 10.1 Å². The molecule has 0 saturated heterocycles. The Morgan fingerprint density at radius 3 is 3.04 bits per heavy atom. The molecule has 9 heteroatoms. The van der Waals surface area contributed by atoms with E-state index in [-0.39, 0.29) is 22.2 Å². The standard InChI is InChI=1S/C14H9ClFN3O2S2/c15-9-5-7(1-2-10(9)16)17-11(20)6-23-14-18-12(21)8-3-4-22-13(8)19-14/h1-5H,6H2,(H,17,20)(H,18,19,21). The largest absolute Gasteiger partial charge is 0.325 e. The van der Waals surface area contributed by atoms with Crippen molar-refractivity contribution in [3.63, 3.8) is 0 Å². The van der Waals surface area contributed by atoms with Gasteiger partial charge in [-0.3, -0.25) is 9.59 Å². The lowest BCUT2D eigenvalue weighted by molar-refractivity contribution is -0.113. The number of aromatic amines is 1. The summed E-state index contributed by atoms with van der Waals surface area (Å²) in [6.45, 7) is 0. The van der Waals surface area contributed by atoms with E-state index in [0.29, 0.717) is 21.1 Å². The van der Waals surface area contributed by atoms with Crippen molar-refractivity contribution < 1.29 is 9.18 Å². The fourth-order valence-corrected chi connectivity index (χ4v) is 3.48. The number of H-pyrrole nitrogens is 1. The van der Waals surface area contributed by atoms with Crippen LogP contribution >= 0.6 is 34.7 Å². The first kappa shape index (κ1) is 16.0. The molecule has 0 aliphatic carbocycles. The number of nitrogens with one attached hydrogen (secondary N) is 2. The fraction of sp³-hybridized carbons (Fsp3) is 0.0714. The number of carbonyl (C=O) groups is 1. The van der Waals surface area contributed by atoms with Crippen molar-refractivity contribution in [1.29, 1.82) is 0 Å². The molecule has 0 saturated carbocycles. The number of aromatic nitrogens is 2. The third-order valence-corrected chi connectivity index (χ3v) is 4.83. The lowest BCUT2D eigenvalue weighted by Gasteiger charge is -2.05. The molecule has 2 heterocycles. The zero-order valence-corrected chi connectivity index (χ0v) is 13.8. The molecule has 0 radical (unpaired) electrons. The number of amides is 1. The highest BCUT2D eigenvalue weighted by Crippen LogP contribution is 2.21. The van der Waals surface area contributed by atoms with Crippen LogP contribution in [-0.4, -0.2) is 21.6 Å². The number of carbonyl (C=O) groups excluding carboxylic acids is 1. The number of anilines is 1. The maximum absolute atomic E-state index is 13.1. The molecule has 0 spiro atoms. The molecule has 23 heavy (non-hydrogen) atoms. The molecule has 118 valence electrons. The Labute approximate surface area is 142 Å². The quantitative estimate of drug-likeness (QED) is 0.545. The molecule has 2 N–H and O–H groups in total. The van der Waals surface area contributed by atoms with E-state index in [1.807, 2.05) is 0 Å². The van der Waals surface area contributed by atoms with Crippen LogP contribution in [0.5, 0.6) is 0 Å². The summed E-state index contributed by atoms with van der Waals surface area (Å²) in [5.74, 6) is -0.814. The predicted molar refractivity (Wildman–Crippen MR) is 91.0 cm³/mol. The third kappa shape index (κ3) is 3.72. The van der Waals surface area contributed by atoms with Gasteiger partial charge in [-0.05, 0) is 29.6 Å². The highest BCUT2D eigenvalue weighted by Gasteiger charge is 2.09. The van der Waals surface area contributed by atoms with Crippen molar-refractivity contribution in [2.45, 2.75) is 5.16 Å². The Bertz CT molecular complexity index is 941. The lowest BCUT2D eigenvalue weighted by atomic mass is 10.3. The summed E-state index contributed by atoms with van der Waals surface area (Å²) in [5, 5.41) is 5.22. The van der Waals surface area contributed by atoms with Gasteiger partial charge in [0.15, 0.2) is 5.16 Å². The summed E-state index contributed by atoms with van der Waals surface area (Å²) in [4.78, 5) is 31.2. The molecule has 5 nitrogen and oxygen atoms in total. The molecule has 3 rings (SSSR count). The van der Waals surface area contributed by atoms with Crippen LogP contribution in [0.15, 0.2) is 39.6 Å². The molecule has 3 aromatic rings. The van der Waals surface area contributed by atoms with Crippen molar-refractivity contribution in [2.24, 2.45) is 0 Å². The Hall–Kier alpha value is -1.90. The zero-order chi connectivity index (χ0) is 16.4. The van der Waals surface area contributed by atoms with E-state index in [2.05, 4.69) is 15.3 Å². The van der Waals surface area contributed by atoms with E-state index >= 15 is 0 Å². The summed E-state index contributed by atoms with van der Waals surface area (Å²) >= 11 is 8.12. The van der Waals surface area contributed by atoms with Crippen molar-refractivity contribution in [2.75, 3.05) is 11.1 Å². The molecule has 1 aromatic carbocycles. The molecule has 0 fully saturated rings. The zero-order valence-electron chi connectivity index (χ0n) is 11.4. The second-order valence-corrected chi connectivity index (χ2v) is 6.74. The first-order chi connectivity index (χ1) is 11.0. The minimum Gasteiger partial charge on any atom is -0.325 e. The number of rotatable bonds is 4. The molecule has 0 bridgehead atoms. The van der Waals surface area contributed by atoms with Gasteiger partial charge in [-0.2, -0.15) is 0 Å². The summed E-state index contributed by atoms with van der Waals surface area (Å²) in [7, 11) is 0. The third-order valence-electron chi connectivity index (χ3n) is 2.86. The van der Waals surface area contributed by atoms with Crippen molar-refractivity contribution in [1.82, 2.24) is 9.97 Å². The van der Waals surface area contributed by atoms with Gasteiger partial charge < -0.3 is 10.3 Å². The Morgan fingerprint density at radius 1 is 1.43 bits per heavy atom. The first-order valence-electron chi connectivity index (χ1n) is 6.38. The fourth-order valence-electron chi connectivity index (χ4n) is 1.82. The maximum atomic E-state index is 13.1. The van der Waals surface area contributed by atoms with Crippen molar-refractivity contribution in [3.8, 4) is 0 Å². The van der Waals surface area contributed by atoms with Crippen LogP contribution in [0.2, 0.25) is 5.02 Å². The number of thiophene rings is 1. The van der Waals surface area contributed by atoms with Crippen LogP contribution in [0, 0.1) is 5.82 Å². The SMILES string of the molecule is O=C(CSc1nc2sccc2c(=O)[nH]1)Nc1ccc(F)c(Cl)c1. The van der Waals surface area contributed by atoms with Gasteiger partial charge in [0, 0.05) is 5.69 Å². The highest BCUT2D eigenvalue weighted by molar-refractivity contribution is 7.99. The highest BCUT2D eigenvalue weighted by atomic mass is 35.5. The smallest absolute Gasteiger partial charge is 0.260 e. The van der Waals surface area contributed by atoms with Gasteiger partial charge >= 0.3 is 0 Å². The normalized spacial score (nSPS) is 10.9. The second-order valence-electron chi connectivity index (χ2n) is 4.48. The van der Waals surface area contributed by atoms with E-state index in [4.69, 9.17) is 11.6 Å². The minimum absolute atomic E-state index is 0.0504. The average Bonchev–Trinajstić information content (AvgIpc) is 2.98. The number of halogens is 2. The van der Waals surface area contributed by atoms with Crippen molar-refractivity contribution in [3.05, 3.63) is 50.8 Å². The van der Waals surface area contributed by atoms with Gasteiger partial charge in [0.2, 0.25) is 5.91 Å². The van der Waals surface area contributed by atoms with Crippen LogP contribution < -0.4 is 10.9 Å².